The Hall–Kier alpha value is -2.03. The van der Waals surface area contributed by atoms with Crippen LogP contribution in [0.15, 0.2) is 24.3 Å². The number of piperidine rings is 1. The van der Waals surface area contributed by atoms with Crippen LogP contribution < -0.4 is 0 Å². The monoisotopic (exact) mass is 282 g/mol. The Kier molecular flexibility index (Phi) is 3.98. The summed E-state index contributed by atoms with van der Waals surface area (Å²) in [4.78, 5) is 13.6. The second kappa shape index (κ2) is 5.53. The first-order chi connectivity index (χ1) is 9.43. The van der Waals surface area contributed by atoms with Crippen molar-refractivity contribution >= 4 is 5.91 Å². The minimum Gasteiger partial charge on any atom is -0.339 e. The van der Waals surface area contributed by atoms with Crippen LogP contribution in [-0.4, -0.2) is 23.9 Å². The Morgan fingerprint density at radius 2 is 1.85 bits per heavy atom. The topological polar surface area (TPSA) is 44.1 Å². The van der Waals surface area contributed by atoms with E-state index in [1.54, 1.807) is 0 Å². The summed E-state index contributed by atoms with van der Waals surface area (Å²) in [6.07, 6.45) is -3.52. The summed E-state index contributed by atoms with van der Waals surface area (Å²) in [6, 6.07) is 6.92. The van der Waals surface area contributed by atoms with E-state index in [-0.39, 0.29) is 11.5 Å². The molecule has 1 fully saturated rings. The van der Waals surface area contributed by atoms with E-state index in [9.17, 15) is 18.0 Å². The molecule has 1 aromatic carbocycles. The normalized spacial score (nSPS) is 16.8. The van der Waals surface area contributed by atoms with E-state index < -0.39 is 17.6 Å². The number of nitriles is 1. The predicted octanol–water partition coefficient (Wildman–Crippen LogP) is 3.08. The molecule has 1 heterocycles. The second-order valence-electron chi connectivity index (χ2n) is 4.74. The maximum absolute atomic E-state index is 12.9. The van der Waals surface area contributed by atoms with Gasteiger partial charge in [-0.15, -0.1) is 0 Å². The number of carbonyl (C=O) groups is 1. The van der Waals surface area contributed by atoms with E-state index in [0.717, 1.165) is 6.07 Å². The van der Waals surface area contributed by atoms with Crippen LogP contribution in [0.25, 0.3) is 0 Å². The number of halogens is 3. The van der Waals surface area contributed by atoms with Gasteiger partial charge in [0.2, 0.25) is 0 Å². The zero-order valence-electron chi connectivity index (χ0n) is 10.7. The third kappa shape index (κ3) is 2.93. The minimum atomic E-state index is -4.54. The number of nitrogens with zero attached hydrogens (tertiary/aromatic N) is 2. The molecule has 0 aliphatic carbocycles. The van der Waals surface area contributed by atoms with Crippen LogP contribution in [0.5, 0.6) is 0 Å². The molecule has 0 N–H and O–H groups in total. The number of amides is 1. The quantitative estimate of drug-likeness (QED) is 0.794. The lowest BCUT2D eigenvalue weighted by molar-refractivity contribution is -0.138. The van der Waals surface area contributed by atoms with Gasteiger partial charge in [-0.25, -0.2) is 0 Å². The number of alkyl halides is 3. The van der Waals surface area contributed by atoms with Crippen LogP contribution in [0.1, 0.15) is 28.8 Å². The van der Waals surface area contributed by atoms with Crippen molar-refractivity contribution in [3.63, 3.8) is 0 Å². The Bertz CT molecular complexity index is 540. The molecule has 6 heteroatoms. The highest BCUT2D eigenvalue weighted by Crippen LogP contribution is 2.32. The van der Waals surface area contributed by atoms with Gasteiger partial charge in [0.25, 0.3) is 5.91 Å². The largest absolute Gasteiger partial charge is 0.417 e. The molecule has 1 aliphatic heterocycles. The Balaban J connectivity index is 2.21. The standard InChI is InChI=1S/C14H13F3N2O/c15-14(16,17)12-4-2-1-3-11(12)13(20)19-7-5-10(9-18)6-8-19/h1-4,10H,5-8H2. The smallest absolute Gasteiger partial charge is 0.339 e. The van der Waals surface area contributed by atoms with E-state index in [0.29, 0.717) is 25.9 Å². The maximum Gasteiger partial charge on any atom is 0.417 e. The lowest BCUT2D eigenvalue weighted by Gasteiger charge is -2.30. The van der Waals surface area contributed by atoms with Crippen molar-refractivity contribution in [1.82, 2.24) is 4.90 Å². The summed E-state index contributed by atoms with van der Waals surface area (Å²) in [5.41, 5.74) is -1.23. The number of hydrogen-bond donors (Lipinski definition) is 0. The van der Waals surface area contributed by atoms with Gasteiger partial charge >= 0.3 is 6.18 Å². The maximum atomic E-state index is 12.9. The van der Waals surface area contributed by atoms with Crippen molar-refractivity contribution in [3.05, 3.63) is 35.4 Å². The molecule has 3 nitrogen and oxygen atoms in total. The molecule has 0 saturated carbocycles. The van der Waals surface area contributed by atoms with Crippen molar-refractivity contribution in [1.29, 1.82) is 5.26 Å². The fourth-order valence-electron chi connectivity index (χ4n) is 2.30. The van der Waals surface area contributed by atoms with Gasteiger partial charge in [0.15, 0.2) is 0 Å². The van der Waals surface area contributed by atoms with Crippen molar-refractivity contribution in [2.45, 2.75) is 19.0 Å². The van der Waals surface area contributed by atoms with E-state index in [4.69, 9.17) is 5.26 Å². The van der Waals surface area contributed by atoms with Crippen molar-refractivity contribution in [3.8, 4) is 6.07 Å². The van der Waals surface area contributed by atoms with Gasteiger partial charge < -0.3 is 4.90 Å². The Morgan fingerprint density at radius 3 is 2.40 bits per heavy atom. The lowest BCUT2D eigenvalue weighted by atomic mass is 9.97. The van der Waals surface area contributed by atoms with Crippen LogP contribution in [0.4, 0.5) is 13.2 Å². The molecule has 1 saturated heterocycles. The summed E-state index contributed by atoms with van der Waals surface area (Å²) >= 11 is 0. The number of benzene rings is 1. The molecule has 0 bridgehead atoms. The minimum absolute atomic E-state index is 0.114. The lowest BCUT2D eigenvalue weighted by Crippen LogP contribution is -2.39. The third-order valence-corrected chi connectivity index (χ3v) is 3.43. The summed E-state index contributed by atoms with van der Waals surface area (Å²) in [7, 11) is 0. The molecule has 1 amide bonds. The third-order valence-electron chi connectivity index (χ3n) is 3.43. The molecule has 106 valence electrons. The van der Waals surface area contributed by atoms with Crippen molar-refractivity contribution in [2.24, 2.45) is 5.92 Å². The first-order valence-electron chi connectivity index (χ1n) is 6.28. The van der Waals surface area contributed by atoms with Crippen LogP contribution in [0.3, 0.4) is 0 Å². The second-order valence-corrected chi connectivity index (χ2v) is 4.74. The average molecular weight is 282 g/mol. The van der Waals surface area contributed by atoms with Gasteiger partial charge in [0.05, 0.1) is 17.2 Å². The van der Waals surface area contributed by atoms with Gasteiger partial charge in [0.1, 0.15) is 0 Å². The van der Waals surface area contributed by atoms with Gasteiger partial charge in [-0.2, -0.15) is 18.4 Å². The molecule has 1 aromatic rings. The molecule has 2 rings (SSSR count). The van der Waals surface area contributed by atoms with Crippen LogP contribution >= 0.6 is 0 Å². The number of hydrogen-bond acceptors (Lipinski definition) is 2. The number of rotatable bonds is 1. The molecule has 1 aliphatic rings. The summed E-state index contributed by atoms with van der Waals surface area (Å²) in [6.45, 7) is 0.645. The van der Waals surface area contributed by atoms with Crippen LogP contribution in [0.2, 0.25) is 0 Å². The molecule has 0 atom stereocenters. The zero-order chi connectivity index (χ0) is 14.8. The summed E-state index contributed by atoms with van der Waals surface area (Å²) < 4.78 is 38.6. The van der Waals surface area contributed by atoms with E-state index in [2.05, 4.69) is 6.07 Å². The molecular weight excluding hydrogens is 269 g/mol. The van der Waals surface area contributed by atoms with Crippen LogP contribution in [-0.2, 0) is 6.18 Å². The van der Waals surface area contributed by atoms with Gasteiger partial charge in [-0.05, 0) is 25.0 Å². The molecule has 0 spiro atoms. The van der Waals surface area contributed by atoms with Crippen molar-refractivity contribution < 1.29 is 18.0 Å². The molecule has 0 aromatic heterocycles. The highest BCUT2D eigenvalue weighted by Gasteiger charge is 2.36. The first kappa shape index (κ1) is 14.4. The zero-order valence-corrected chi connectivity index (χ0v) is 10.7. The fraction of sp³-hybridized carbons (Fsp3) is 0.429. The molecule has 0 radical (unpaired) electrons. The molecule has 20 heavy (non-hydrogen) atoms. The van der Waals surface area contributed by atoms with Gasteiger partial charge in [-0.1, -0.05) is 12.1 Å². The summed E-state index contributed by atoms with van der Waals surface area (Å²) in [5, 5.41) is 8.78. The number of likely N-dealkylation sites (tertiary alicyclic amines) is 1. The number of carbonyl (C=O) groups excluding carboxylic acids is 1. The van der Waals surface area contributed by atoms with E-state index in [1.807, 2.05) is 0 Å². The Morgan fingerprint density at radius 1 is 1.25 bits per heavy atom. The van der Waals surface area contributed by atoms with E-state index >= 15 is 0 Å². The first-order valence-corrected chi connectivity index (χ1v) is 6.28. The SMILES string of the molecule is N#CC1CCN(C(=O)c2ccccc2C(F)(F)F)CC1. The predicted molar refractivity (Wildman–Crippen MR) is 65.7 cm³/mol. The fourth-order valence-corrected chi connectivity index (χ4v) is 2.30. The highest BCUT2D eigenvalue weighted by molar-refractivity contribution is 5.96. The molecular formula is C14H13F3N2O. The highest BCUT2D eigenvalue weighted by atomic mass is 19.4. The van der Waals surface area contributed by atoms with Gasteiger partial charge in [0, 0.05) is 19.0 Å². The van der Waals surface area contributed by atoms with E-state index in [1.165, 1.54) is 23.1 Å². The average Bonchev–Trinajstić information content (AvgIpc) is 2.46. The summed E-state index contributed by atoms with van der Waals surface area (Å²) in [5.74, 6) is -0.730. The Labute approximate surface area is 114 Å². The van der Waals surface area contributed by atoms with Crippen molar-refractivity contribution in [2.75, 3.05) is 13.1 Å². The molecule has 0 unspecified atom stereocenters. The van der Waals surface area contributed by atoms with Crippen LogP contribution in [0, 0.1) is 17.2 Å². The van der Waals surface area contributed by atoms with Gasteiger partial charge in [-0.3, -0.25) is 4.79 Å².